The lowest BCUT2D eigenvalue weighted by Gasteiger charge is -2.03. The van der Waals surface area contributed by atoms with Gasteiger partial charge in [0.1, 0.15) is 0 Å². The van der Waals surface area contributed by atoms with Crippen LogP contribution < -0.4 is 0 Å². The van der Waals surface area contributed by atoms with Crippen molar-refractivity contribution in [3.05, 3.63) is 16.1 Å². The molecule has 5 heteroatoms. The third-order valence-electron chi connectivity index (χ3n) is 2.54. The van der Waals surface area contributed by atoms with E-state index in [2.05, 4.69) is 4.98 Å². The maximum absolute atomic E-state index is 11.7. The van der Waals surface area contributed by atoms with Gasteiger partial charge in [0.25, 0.3) is 0 Å². The van der Waals surface area contributed by atoms with Crippen molar-refractivity contribution in [2.75, 3.05) is 13.2 Å². The molecule has 1 saturated carbocycles. The molecule has 0 bridgehead atoms. The summed E-state index contributed by atoms with van der Waals surface area (Å²) in [6.45, 7) is 1.24. The van der Waals surface area contributed by atoms with Crippen molar-refractivity contribution in [2.24, 2.45) is 5.92 Å². The minimum absolute atomic E-state index is 0.184. The van der Waals surface area contributed by atoms with Crippen molar-refractivity contribution in [1.29, 1.82) is 0 Å². The van der Waals surface area contributed by atoms with Gasteiger partial charge in [-0.15, -0.1) is 11.3 Å². The van der Waals surface area contributed by atoms with Gasteiger partial charge in [-0.2, -0.15) is 0 Å². The molecule has 0 atom stereocenters. The van der Waals surface area contributed by atoms with E-state index in [1.807, 2.05) is 0 Å². The molecule has 15 heavy (non-hydrogen) atoms. The van der Waals surface area contributed by atoms with Gasteiger partial charge < -0.3 is 9.47 Å². The lowest BCUT2D eigenvalue weighted by molar-refractivity contribution is -0.0414. The molecule has 0 unspecified atom stereocenters. The Kier molecular flexibility index (Phi) is 2.31. The van der Waals surface area contributed by atoms with Crippen LogP contribution in [0.15, 0.2) is 6.20 Å². The zero-order chi connectivity index (χ0) is 10.3. The molecule has 1 aliphatic carbocycles. The lowest BCUT2D eigenvalue weighted by atomic mass is 10.3. The third kappa shape index (κ3) is 1.82. The van der Waals surface area contributed by atoms with Crippen LogP contribution >= 0.6 is 11.3 Å². The minimum Gasteiger partial charge on any atom is -0.345 e. The largest absolute Gasteiger partial charge is 0.345 e. The molecule has 1 saturated heterocycles. The molecule has 3 rings (SSSR count). The van der Waals surface area contributed by atoms with Crippen LogP contribution in [0.1, 0.15) is 33.8 Å². The highest BCUT2D eigenvalue weighted by Gasteiger charge is 2.33. The molecule has 2 heterocycles. The molecule has 1 aliphatic heterocycles. The highest BCUT2D eigenvalue weighted by atomic mass is 32.1. The van der Waals surface area contributed by atoms with Gasteiger partial charge in [-0.1, -0.05) is 0 Å². The van der Waals surface area contributed by atoms with E-state index in [-0.39, 0.29) is 18.0 Å². The maximum Gasteiger partial charge on any atom is 0.194 e. The number of Topliss-reactive ketones (excluding diaryl/α,β-unsaturated/α-hetero) is 1. The summed E-state index contributed by atoms with van der Waals surface area (Å²) in [6.07, 6.45) is 3.42. The Hall–Kier alpha value is -0.780. The summed E-state index contributed by atoms with van der Waals surface area (Å²) in [6, 6.07) is 0. The molecule has 0 aromatic carbocycles. The molecule has 2 aliphatic rings. The van der Waals surface area contributed by atoms with Gasteiger partial charge >= 0.3 is 0 Å². The van der Waals surface area contributed by atoms with Crippen LogP contribution in [-0.2, 0) is 9.47 Å². The Morgan fingerprint density at radius 3 is 2.80 bits per heavy atom. The third-order valence-corrected chi connectivity index (χ3v) is 3.57. The van der Waals surface area contributed by atoms with Crippen LogP contribution in [-0.4, -0.2) is 24.0 Å². The first-order valence-corrected chi connectivity index (χ1v) is 5.89. The standard InChI is InChI=1S/C10H11NO3S/c12-8(6-1-2-6)9-11-5-7(15-9)10-13-3-4-14-10/h5-6,10H,1-4H2. The number of rotatable bonds is 3. The molecule has 0 spiro atoms. The number of ether oxygens (including phenoxy) is 2. The Bertz CT molecular complexity index is 380. The van der Waals surface area contributed by atoms with Gasteiger partial charge in [0.15, 0.2) is 17.1 Å². The van der Waals surface area contributed by atoms with E-state index in [9.17, 15) is 4.79 Å². The SMILES string of the molecule is O=C(c1ncc(C2OCCO2)s1)C1CC1. The van der Waals surface area contributed by atoms with Crippen molar-refractivity contribution >= 4 is 17.1 Å². The van der Waals surface area contributed by atoms with Crippen LogP contribution in [0.5, 0.6) is 0 Å². The average Bonchev–Trinajstić information content (AvgIpc) is 2.80. The fraction of sp³-hybridized carbons (Fsp3) is 0.600. The van der Waals surface area contributed by atoms with E-state index in [4.69, 9.17) is 9.47 Å². The first kappa shape index (κ1) is 9.45. The molecule has 0 radical (unpaired) electrons. The second kappa shape index (κ2) is 3.66. The summed E-state index contributed by atoms with van der Waals surface area (Å²) in [5.41, 5.74) is 0. The number of carbonyl (C=O) groups is 1. The molecule has 1 aromatic heterocycles. The quantitative estimate of drug-likeness (QED) is 0.736. The molecular weight excluding hydrogens is 214 g/mol. The van der Waals surface area contributed by atoms with Gasteiger partial charge in [0, 0.05) is 12.1 Å². The molecular formula is C10H11NO3S. The number of nitrogens with zero attached hydrogens (tertiary/aromatic N) is 1. The van der Waals surface area contributed by atoms with Gasteiger partial charge in [0.05, 0.1) is 18.1 Å². The highest BCUT2D eigenvalue weighted by Crippen LogP contribution is 2.35. The Labute approximate surface area is 91.2 Å². The Balaban J connectivity index is 1.77. The van der Waals surface area contributed by atoms with Crippen molar-refractivity contribution in [1.82, 2.24) is 4.98 Å². The predicted molar refractivity (Wildman–Crippen MR) is 53.8 cm³/mol. The summed E-state index contributed by atoms with van der Waals surface area (Å²) in [5.74, 6) is 0.415. The number of hydrogen-bond donors (Lipinski definition) is 0. The van der Waals surface area contributed by atoms with E-state index in [0.29, 0.717) is 18.2 Å². The van der Waals surface area contributed by atoms with Crippen molar-refractivity contribution in [2.45, 2.75) is 19.1 Å². The number of carbonyl (C=O) groups excluding carboxylic acids is 1. The summed E-state index contributed by atoms with van der Waals surface area (Å²) in [5, 5.41) is 0.603. The normalized spacial score (nSPS) is 22.1. The van der Waals surface area contributed by atoms with Gasteiger partial charge in [-0.05, 0) is 12.8 Å². The van der Waals surface area contributed by atoms with E-state index >= 15 is 0 Å². The lowest BCUT2D eigenvalue weighted by Crippen LogP contribution is -1.99. The maximum atomic E-state index is 11.7. The average molecular weight is 225 g/mol. The summed E-state index contributed by atoms with van der Waals surface area (Å²) < 4.78 is 10.7. The smallest absolute Gasteiger partial charge is 0.194 e. The fourth-order valence-corrected chi connectivity index (χ4v) is 2.49. The van der Waals surface area contributed by atoms with Crippen LogP contribution in [0.3, 0.4) is 0 Å². The van der Waals surface area contributed by atoms with Crippen LogP contribution in [0.25, 0.3) is 0 Å². The number of hydrogen-bond acceptors (Lipinski definition) is 5. The van der Waals surface area contributed by atoms with Gasteiger partial charge in [-0.25, -0.2) is 4.98 Å². The first-order chi connectivity index (χ1) is 7.34. The van der Waals surface area contributed by atoms with Crippen molar-refractivity contribution in [3.8, 4) is 0 Å². The molecule has 4 nitrogen and oxygen atoms in total. The van der Waals surface area contributed by atoms with Gasteiger partial charge in [-0.3, -0.25) is 4.79 Å². The monoisotopic (exact) mass is 225 g/mol. The fourth-order valence-electron chi connectivity index (χ4n) is 1.55. The van der Waals surface area contributed by atoms with Crippen molar-refractivity contribution < 1.29 is 14.3 Å². The highest BCUT2D eigenvalue weighted by molar-refractivity contribution is 7.13. The topological polar surface area (TPSA) is 48.4 Å². The van der Waals surface area contributed by atoms with Crippen LogP contribution in [0.2, 0.25) is 0 Å². The van der Waals surface area contributed by atoms with E-state index in [1.165, 1.54) is 11.3 Å². The number of thiazole rings is 1. The van der Waals surface area contributed by atoms with Crippen LogP contribution in [0.4, 0.5) is 0 Å². The molecule has 2 fully saturated rings. The number of ketones is 1. The Morgan fingerprint density at radius 2 is 2.13 bits per heavy atom. The van der Waals surface area contributed by atoms with Gasteiger partial charge in [0.2, 0.25) is 0 Å². The minimum atomic E-state index is -0.303. The summed E-state index contributed by atoms with van der Waals surface area (Å²) in [4.78, 5) is 16.7. The molecule has 0 N–H and O–H groups in total. The predicted octanol–water partition coefficient (Wildman–Crippen LogP) is 1.78. The second-order valence-electron chi connectivity index (χ2n) is 3.78. The summed E-state index contributed by atoms with van der Waals surface area (Å²) >= 11 is 1.40. The zero-order valence-electron chi connectivity index (χ0n) is 8.14. The zero-order valence-corrected chi connectivity index (χ0v) is 8.96. The second-order valence-corrected chi connectivity index (χ2v) is 4.84. The Morgan fingerprint density at radius 1 is 1.40 bits per heavy atom. The molecule has 0 amide bonds. The van der Waals surface area contributed by atoms with Crippen LogP contribution in [0, 0.1) is 5.92 Å². The number of aromatic nitrogens is 1. The van der Waals surface area contributed by atoms with E-state index in [0.717, 1.165) is 17.7 Å². The summed E-state index contributed by atoms with van der Waals surface area (Å²) in [7, 11) is 0. The molecule has 80 valence electrons. The van der Waals surface area contributed by atoms with E-state index in [1.54, 1.807) is 6.20 Å². The molecule has 1 aromatic rings. The van der Waals surface area contributed by atoms with E-state index < -0.39 is 0 Å². The van der Waals surface area contributed by atoms with Crippen molar-refractivity contribution in [3.63, 3.8) is 0 Å². The first-order valence-electron chi connectivity index (χ1n) is 5.08.